The number of nitrogens with two attached hydrogens (primary N) is 1. The molecule has 2 aromatic rings. The molecule has 0 aliphatic rings. The summed E-state index contributed by atoms with van der Waals surface area (Å²) in [6.45, 7) is 1.64. The van der Waals surface area contributed by atoms with E-state index in [0.717, 1.165) is 6.07 Å². The Balaban J connectivity index is 2.52. The van der Waals surface area contributed by atoms with Crippen molar-refractivity contribution in [2.45, 2.75) is 13.0 Å². The molecule has 0 radical (unpaired) electrons. The van der Waals surface area contributed by atoms with Gasteiger partial charge in [-0.3, -0.25) is 5.84 Å². The fourth-order valence-corrected chi connectivity index (χ4v) is 2.47. The lowest BCUT2D eigenvalue weighted by Gasteiger charge is -2.19. The molecule has 0 amide bonds. The van der Waals surface area contributed by atoms with Gasteiger partial charge in [0.25, 0.3) is 0 Å². The molecule has 0 fully saturated rings. The molecule has 0 spiro atoms. The van der Waals surface area contributed by atoms with Gasteiger partial charge in [0.1, 0.15) is 5.82 Å². The number of hydrogen-bond donors (Lipinski definition) is 2. The van der Waals surface area contributed by atoms with Crippen LogP contribution in [0.5, 0.6) is 0 Å². The number of halogens is 4. The van der Waals surface area contributed by atoms with E-state index < -0.39 is 17.7 Å². The monoisotopic (exact) mass is 344 g/mol. The lowest BCUT2D eigenvalue weighted by Crippen LogP contribution is -2.29. The van der Waals surface area contributed by atoms with Gasteiger partial charge in [0.05, 0.1) is 10.5 Å². The topological polar surface area (TPSA) is 38.0 Å². The highest BCUT2D eigenvalue weighted by atomic mass is 79.9. The second-order valence-electron chi connectivity index (χ2n) is 4.37. The van der Waals surface area contributed by atoms with Crippen molar-refractivity contribution in [1.82, 2.24) is 5.43 Å². The summed E-state index contributed by atoms with van der Waals surface area (Å²) in [4.78, 5) is 0. The summed E-state index contributed by atoms with van der Waals surface area (Å²) >= 11 is 3.00. The molecule has 0 aliphatic heterocycles. The molecule has 2 nitrogen and oxygen atoms in total. The highest BCUT2D eigenvalue weighted by Crippen LogP contribution is 2.31. The highest BCUT2D eigenvalue weighted by molar-refractivity contribution is 9.10. The molecule has 1 unspecified atom stereocenters. The van der Waals surface area contributed by atoms with Gasteiger partial charge < -0.3 is 0 Å². The van der Waals surface area contributed by atoms with E-state index in [0.29, 0.717) is 16.7 Å². The van der Waals surface area contributed by atoms with Crippen LogP contribution in [0, 0.1) is 24.4 Å². The van der Waals surface area contributed by atoms with Gasteiger partial charge in [-0.25, -0.2) is 18.6 Å². The van der Waals surface area contributed by atoms with Crippen molar-refractivity contribution >= 4 is 15.9 Å². The zero-order valence-corrected chi connectivity index (χ0v) is 12.1. The normalized spacial score (nSPS) is 12.5. The van der Waals surface area contributed by atoms with Gasteiger partial charge in [0, 0.05) is 0 Å². The van der Waals surface area contributed by atoms with E-state index in [2.05, 4.69) is 21.4 Å². The third kappa shape index (κ3) is 2.72. The summed E-state index contributed by atoms with van der Waals surface area (Å²) in [7, 11) is 0. The SMILES string of the molecule is Cc1ccc(C(NN)c2ccc(F)c(F)c2Br)cc1F. The minimum absolute atomic E-state index is 0.0403. The lowest BCUT2D eigenvalue weighted by molar-refractivity contribution is 0.498. The summed E-state index contributed by atoms with van der Waals surface area (Å²) in [6.07, 6.45) is 0. The van der Waals surface area contributed by atoms with Crippen molar-refractivity contribution in [2.75, 3.05) is 0 Å². The molecule has 0 bridgehead atoms. The summed E-state index contributed by atoms with van der Waals surface area (Å²) in [6, 6.07) is 6.33. The Morgan fingerprint density at radius 1 is 1.10 bits per heavy atom. The van der Waals surface area contributed by atoms with Gasteiger partial charge in [-0.15, -0.1) is 0 Å². The first-order valence-corrected chi connectivity index (χ1v) is 6.60. The number of rotatable bonds is 3. The maximum atomic E-state index is 13.6. The molecule has 106 valence electrons. The van der Waals surface area contributed by atoms with Gasteiger partial charge in [-0.1, -0.05) is 18.2 Å². The van der Waals surface area contributed by atoms with Gasteiger partial charge in [-0.05, 0) is 51.7 Å². The minimum atomic E-state index is -1.00. The third-order valence-electron chi connectivity index (χ3n) is 3.07. The quantitative estimate of drug-likeness (QED) is 0.505. The molecule has 1 atom stereocenters. The van der Waals surface area contributed by atoms with Crippen LogP contribution in [0.3, 0.4) is 0 Å². The van der Waals surface area contributed by atoms with E-state index >= 15 is 0 Å². The first-order valence-electron chi connectivity index (χ1n) is 5.81. The average molecular weight is 345 g/mol. The van der Waals surface area contributed by atoms with Crippen LogP contribution in [0.1, 0.15) is 22.7 Å². The second-order valence-corrected chi connectivity index (χ2v) is 5.17. The number of hydrogen-bond acceptors (Lipinski definition) is 2. The maximum Gasteiger partial charge on any atom is 0.173 e. The molecule has 20 heavy (non-hydrogen) atoms. The molecule has 0 aromatic heterocycles. The molecule has 0 aliphatic carbocycles. The number of benzene rings is 2. The molecule has 6 heteroatoms. The van der Waals surface area contributed by atoms with Crippen molar-refractivity contribution in [1.29, 1.82) is 0 Å². The fourth-order valence-electron chi connectivity index (χ4n) is 1.92. The van der Waals surface area contributed by atoms with Crippen molar-refractivity contribution in [3.8, 4) is 0 Å². The third-order valence-corrected chi connectivity index (χ3v) is 3.88. The van der Waals surface area contributed by atoms with E-state index in [9.17, 15) is 13.2 Å². The predicted octanol–water partition coefficient (Wildman–Crippen LogP) is 3.73. The average Bonchev–Trinajstić information content (AvgIpc) is 2.43. The molecular formula is C14H12BrF3N2. The van der Waals surface area contributed by atoms with Crippen LogP contribution in [-0.2, 0) is 0 Å². The Kier molecular flexibility index (Phi) is 4.47. The molecule has 0 saturated carbocycles. The zero-order valence-electron chi connectivity index (χ0n) is 10.6. The first kappa shape index (κ1) is 15.0. The molecular weight excluding hydrogens is 333 g/mol. The van der Waals surface area contributed by atoms with Crippen molar-refractivity contribution in [2.24, 2.45) is 5.84 Å². The summed E-state index contributed by atoms with van der Waals surface area (Å²) in [5.74, 6) is 3.11. The van der Waals surface area contributed by atoms with E-state index in [1.54, 1.807) is 19.1 Å². The maximum absolute atomic E-state index is 13.6. The van der Waals surface area contributed by atoms with Crippen LogP contribution in [0.2, 0.25) is 0 Å². The van der Waals surface area contributed by atoms with Gasteiger partial charge in [0.2, 0.25) is 0 Å². The van der Waals surface area contributed by atoms with Crippen molar-refractivity contribution in [3.63, 3.8) is 0 Å². The van der Waals surface area contributed by atoms with Crippen molar-refractivity contribution < 1.29 is 13.2 Å². The Labute approximate surface area is 122 Å². The minimum Gasteiger partial charge on any atom is -0.271 e. The lowest BCUT2D eigenvalue weighted by atomic mass is 9.98. The zero-order chi connectivity index (χ0) is 14.9. The van der Waals surface area contributed by atoms with Crippen LogP contribution >= 0.6 is 15.9 Å². The Morgan fingerprint density at radius 3 is 2.40 bits per heavy atom. The Morgan fingerprint density at radius 2 is 1.80 bits per heavy atom. The Bertz CT molecular complexity index is 647. The van der Waals surface area contributed by atoms with Crippen LogP contribution in [0.4, 0.5) is 13.2 Å². The summed E-state index contributed by atoms with van der Waals surface area (Å²) in [5, 5.41) is 0. The molecule has 0 saturated heterocycles. The highest BCUT2D eigenvalue weighted by Gasteiger charge is 2.20. The molecule has 2 aromatic carbocycles. The predicted molar refractivity (Wildman–Crippen MR) is 74.4 cm³/mol. The van der Waals surface area contributed by atoms with E-state index in [1.807, 2.05) is 0 Å². The number of nitrogens with one attached hydrogen (secondary N) is 1. The second kappa shape index (κ2) is 5.95. The van der Waals surface area contributed by atoms with Gasteiger partial charge >= 0.3 is 0 Å². The van der Waals surface area contributed by atoms with E-state index in [-0.39, 0.29) is 10.3 Å². The molecule has 3 N–H and O–H groups in total. The summed E-state index contributed by atoms with van der Waals surface area (Å²) in [5.41, 5.74) is 3.88. The summed E-state index contributed by atoms with van der Waals surface area (Å²) < 4.78 is 40.3. The van der Waals surface area contributed by atoms with E-state index in [4.69, 9.17) is 5.84 Å². The first-order chi connectivity index (χ1) is 9.45. The molecule has 0 heterocycles. The number of hydrazine groups is 1. The number of aryl methyl sites for hydroxylation is 1. The smallest absolute Gasteiger partial charge is 0.173 e. The van der Waals surface area contributed by atoms with Gasteiger partial charge in [-0.2, -0.15) is 0 Å². The standard InChI is InChI=1S/C14H12BrF3N2/c1-7-2-3-8(6-11(7)17)14(20-19)9-4-5-10(16)13(18)12(9)15/h2-6,14,20H,19H2,1H3. The van der Waals surface area contributed by atoms with Crippen molar-refractivity contribution in [3.05, 3.63) is 68.9 Å². The van der Waals surface area contributed by atoms with Gasteiger partial charge in [0.15, 0.2) is 11.6 Å². The van der Waals surface area contributed by atoms with Crippen LogP contribution in [0.15, 0.2) is 34.8 Å². The Hall–Kier alpha value is -1.37. The molecule has 2 rings (SSSR count). The fraction of sp³-hybridized carbons (Fsp3) is 0.143. The van der Waals surface area contributed by atoms with E-state index in [1.165, 1.54) is 12.1 Å². The van der Waals surface area contributed by atoms with Crippen LogP contribution < -0.4 is 11.3 Å². The largest absolute Gasteiger partial charge is 0.271 e. The van der Waals surface area contributed by atoms with Crippen LogP contribution in [0.25, 0.3) is 0 Å². The van der Waals surface area contributed by atoms with Crippen LogP contribution in [-0.4, -0.2) is 0 Å².